The van der Waals surface area contributed by atoms with Crippen LogP contribution in [0.25, 0.3) is 0 Å². The largest absolute Gasteiger partial charge is 0.330 e. The van der Waals surface area contributed by atoms with Gasteiger partial charge in [0.1, 0.15) is 0 Å². The van der Waals surface area contributed by atoms with Crippen molar-refractivity contribution in [2.24, 2.45) is 23.5 Å². The summed E-state index contributed by atoms with van der Waals surface area (Å²) in [6.45, 7) is 3.20. The summed E-state index contributed by atoms with van der Waals surface area (Å²) in [7, 11) is 0. The Labute approximate surface area is 81.3 Å². The summed E-state index contributed by atoms with van der Waals surface area (Å²) in [5.74, 6) is 3.22. The first kappa shape index (κ1) is 9.47. The molecule has 0 aromatic carbocycles. The first-order valence-electron chi connectivity index (χ1n) is 5.84. The first-order chi connectivity index (χ1) is 6.43. The third kappa shape index (κ3) is 2.23. The summed E-state index contributed by atoms with van der Waals surface area (Å²) in [6.07, 6.45) is 7.12. The van der Waals surface area contributed by atoms with Gasteiger partial charge in [-0.05, 0) is 56.7 Å². The Bertz CT molecular complexity index is 146. The third-order valence-corrected chi connectivity index (χ3v) is 3.77. The van der Waals surface area contributed by atoms with E-state index in [4.69, 9.17) is 5.73 Å². The lowest BCUT2D eigenvalue weighted by molar-refractivity contribution is 0.480. The fraction of sp³-hybridized carbons (Fsp3) is 1.00. The Balaban J connectivity index is 1.57. The van der Waals surface area contributed by atoms with Gasteiger partial charge in [0.15, 0.2) is 0 Å². The molecule has 3 N–H and O–H groups in total. The summed E-state index contributed by atoms with van der Waals surface area (Å²) in [6, 6.07) is 0. The molecule has 2 heteroatoms. The Morgan fingerprint density at radius 2 is 1.85 bits per heavy atom. The average molecular weight is 182 g/mol. The van der Waals surface area contributed by atoms with E-state index in [1.54, 1.807) is 0 Å². The van der Waals surface area contributed by atoms with Gasteiger partial charge in [0.25, 0.3) is 0 Å². The SMILES string of the molecule is NCCCNCC1C2CCCCC21. The molecule has 0 amide bonds. The van der Waals surface area contributed by atoms with Gasteiger partial charge in [0, 0.05) is 0 Å². The fourth-order valence-electron chi connectivity index (χ4n) is 2.94. The predicted molar refractivity (Wildman–Crippen MR) is 55.5 cm³/mol. The highest BCUT2D eigenvalue weighted by molar-refractivity contribution is 4.99. The van der Waals surface area contributed by atoms with Gasteiger partial charge in [-0.3, -0.25) is 0 Å². The van der Waals surface area contributed by atoms with Crippen LogP contribution in [-0.4, -0.2) is 19.6 Å². The van der Waals surface area contributed by atoms with Crippen molar-refractivity contribution in [1.29, 1.82) is 0 Å². The normalized spacial score (nSPS) is 37.2. The number of nitrogens with one attached hydrogen (secondary N) is 1. The monoisotopic (exact) mass is 182 g/mol. The molecule has 0 saturated heterocycles. The van der Waals surface area contributed by atoms with Crippen molar-refractivity contribution in [3.05, 3.63) is 0 Å². The molecule has 0 aliphatic heterocycles. The number of nitrogens with two attached hydrogens (primary N) is 1. The van der Waals surface area contributed by atoms with E-state index in [2.05, 4.69) is 5.32 Å². The lowest BCUT2D eigenvalue weighted by Gasteiger charge is -2.04. The van der Waals surface area contributed by atoms with Crippen LogP contribution in [0.4, 0.5) is 0 Å². The number of rotatable bonds is 5. The molecular weight excluding hydrogens is 160 g/mol. The minimum Gasteiger partial charge on any atom is -0.330 e. The van der Waals surface area contributed by atoms with Crippen LogP contribution >= 0.6 is 0 Å². The second-order valence-electron chi connectivity index (χ2n) is 4.62. The number of hydrogen-bond donors (Lipinski definition) is 2. The molecular formula is C11H22N2. The maximum absolute atomic E-state index is 5.44. The van der Waals surface area contributed by atoms with Crippen LogP contribution in [0.3, 0.4) is 0 Å². The first-order valence-corrected chi connectivity index (χ1v) is 5.84. The van der Waals surface area contributed by atoms with Crippen LogP contribution in [0, 0.1) is 17.8 Å². The maximum Gasteiger partial charge on any atom is -0.00150 e. The van der Waals surface area contributed by atoms with Crippen molar-refractivity contribution in [2.45, 2.75) is 32.1 Å². The average Bonchev–Trinajstić information content (AvgIpc) is 2.87. The van der Waals surface area contributed by atoms with E-state index < -0.39 is 0 Å². The van der Waals surface area contributed by atoms with E-state index in [0.717, 1.165) is 37.3 Å². The van der Waals surface area contributed by atoms with Crippen molar-refractivity contribution in [2.75, 3.05) is 19.6 Å². The Morgan fingerprint density at radius 1 is 1.15 bits per heavy atom. The predicted octanol–water partition coefficient (Wildman–Crippen LogP) is 1.36. The standard InChI is InChI=1S/C11H22N2/c12-6-3-7-13-8-11-9-4-1-2-5-10(9)11/h9-11,13H,1-8,12H2. The van der Waals surface area contributed by atoms with E-state index in [9.17, 15) is 0 Å². The van der Waals surface area contributed by atoms with E-state index in [1.165, 1.54) is 32.2 Å². The van der Waals surface area contributed by atoms with Gasteiger partial charge in [-0.15, -0.1) is 0 Å². The fourth-order valence-corrected chi connectivity index (χ4v) is 2.94. The molecule has 2 rings (SSSR count). The highest BCUT2D eigenvalue weighted by Gasteiger charge is 2.49. The Hall–Kier alpha value is -0.0800. The van der Waals surface area contributed by atoms with Crippen molar-refractivity contribution >= 4 is 0 Å². The van der Waals surface area contributed by atoms with Crippen LogP contribution in [-0.2, 0) is 0 Å². The zero-order valence-corrected chi connectivity index (χ0v) is 8.47. The Morgan fingerprint density at radius 3 is 2.46 bits per heavy atom. The minimum atomic E-state index is 0.824. The van der Waals surface area contributed by atoms with Crippen molar-refractivity contribution in [3.8, 4) is 0 Å². The van der Waals surface area contributed by atoms with Crippen molar-refractivity contribution < 1.29 is 0 Å². The van der Waals surface area contributed by atoms with Gasteiger partial charge >= 0.3 is 0 Å². The molecule has 2 fully saturated rings. The molecule has 76 valence electrons. The number of hydrogen-bond acceptors (Lipinski definition) is 2. The topological polar surface area (TPSA) is 38.0 Å². The van der Waals surface area contributed by atoms with Gasteiger partial charge in [0.2, 0.25) is 0 Å². The molecule has 0 radical (unpaired) electrons. The summed E-state index contributed by atoms with van der Waals surface area (Å²) in [4.78, 5) is 0. The van der Waals surface area contributed by atoms with E-state index in [0.29, 0.717) is 0 Å². The van der Waals surface area contributed by atoms with Crippen LogP contribution in [0.5, 0.6) is 0 Å². The summed E-state index contributed by atoms with van der Waals surface area (Å²) in [5, 5.41) is 3.52. The second kappa shape index (κ2) is 4.43. The van der Waals surface area contributed by atoms with Crippen molar-refractivity contribution in [3.63, 3.8) is 0 Å². The molecule has 0 heterocycles. The molecule has 2 unspecified atom stereocenters. The van der Waals surface area contributed by atoms with Gasteiger partial charge in [-0.2, -0.15) is 0 Å². The minimum absolute atomic E-state index is 0.824. The quantitative estimate of drug-likeness (QED) is 0.630. The molecule has 2 aliphatic rings. The molecule has 0 spiro atoms. The molecule has 2 nitrogen and oxygen atoms in total. The van der Waals surface area contributed by atoms with Crippen LogP contribution in [0.15, 0.2) is 0 Å². The van der Waals surface area contributed by atoms with Crippen LogP contribution in [0.1, 0.15) is 32.1 Å². The van der Waals surface area contributed by atoms with E-state index in [1.807, 2.05) is 0 Å². The second-order valence-corrected chi connectivity index (χ2v) is 4.62. The van der Waals surface area contributed by atoms with Gasteiger partial charge < -0.3 is 11.1 Å². The zero-order valence-electron chi connectivity index (χ0n) is 8.47. The van der Waals surface area contributed by atoms with Crippen LogP contribution in [0.2, 0.25) is 0 Å². The van der Waals surface area contributed by atoms with Crippen molar-refractivity contribution in [1.82, 2.24) is 5.32 Å². The third-order valence-electron chi connectivity index (χ3n) is 3.77. The molecule has 0 aromatic heterocycles. The molecule has 13 heavy (non-hydrogen) atoms. The Kier molecular flexibility index (Phi) is 3.23. The number of fused-ring (bicyclic) bond motifs is 1. The molecule has 0 bridgehead atoms. The highest BCUT2D eigenvalue weighted by atomic mass is 14.9. The summed E-state index contributed by atoms with van der Waals surface area (Å²) < 4.78 is 0. The summed E-state index contributed by atoms with van der Waals surface area (Å²) in [5.41, 5.74) is 5.44. The molecule has 2 atom stereocenters. The molecule has 2 aliphatic carbocycles. The zero-order chi connectivity index (χ0) is 9.10. The summed E-state index contributed by atoms with van der Waals surface area (Å²) >= 11 is 0. The lowest BCUT2D eigenvalue weighted by Crippen LogP contribution is -2.21. The highest BCUT2D eigenvalue weighted by Crippen LogP contribution is 2.54. The van der Waals surface area contributed by atoms with E-state index >= 15 is 0 Å². The van der Waals surface area contributed by atoms with E-state index in [-0.39, 0.29) is 0 Å². The molecule has 0 aromatic rings. The molecule has 2 saturated carbocycles. The van der Waals surface area contributed by atoms with Gasteiger partial charge in [-0.25, -0.2) is 0 Å². The van der Waals surface area contributed by atoms with Crippen LogP contribution < -0.4 is 11.1 Å². The van der Waals surface area contributed by atoms with Gasteiger partial charge in [-0.1, -0.05) is 12.8 Å². The smallest absolute Gasteiger partial charge is 0.00150 e. The lowest BCUT2D eigenvalue weighted by atomic mass is 10.0. The van der Waals surface area contributed by atoms with Gasteiger partial charge in [0.05, 0.1) is 0 Å². The maximum atomic E-state index is 5.44.